The van der Waals surface area contributed by atoms with E-state index in [9.17, 15) is 18.3 Å². The van der Waals surface area contributed by atoms with Gasteiger partial charge in [0, 0.05) is 36.4 Å². The first-order valence-electron chi connectivity index (χ1n) is 14.8. The van der Waals surface area contributed by atoms with Crippen LogP contribution in [0.3, 0.4) is 0 Å². The van der Waals surface area contributed by atoms with Gasteiger partial charge < -0.3 is 18.8 Å². The Bertz CT molecular complexity index is 1830. The smallest absolute Gasteiger partial charge is 0.385 e. The number of rotatable bonds is 12. The van der Waals surface area contributed by atoms with Crippen LogP contribution in [0.25, 0.3) is 11.0 Å². The van der Waals surface area contributed by atoms with Crippen molar-refractivity contribution in [1.82, 2.24) is 19.3 Å². The highest BCUT2D eigenvalue weighted by molar-refractivity contribution is 9.09. The number of phenolic OH excluding ortho intramolecular Hbond substituents is 1. The number of esters is 1. The van der Waals surface area contributed by atoms with Gasteiger partial charge in [-0.3, -0.25) is 4.79 Å². The van der Waals surface area contributed by atoms with Gasteiger partial charge in [-0.05, 0) is 91.8 Å². The summed E-state index contributed by atoms with van der Waals surface area (Å²) >= 11 is 3.48. The maximum Gasteiger partial charge on any atom is 0.385 e. The first kappa shape index (κ1) is 32.7. The zero-order chi connectivity index (χ0) is 32.3. The topological polar surface area (TPSA) is 133 Å². The third-order valence-corrected chi connectivity index (χ3v) is 9.99. The van der Waals surface area contributed by atoms with Crippen LogP contribution in [-0.2, 0) is 39.5 Å². The predicted molar refractivity (Wildman–Crippen MR) is 173 cm³/mol. The molecule has 1 aliphatic heterocycles. The molecule has 13 heteroatoms. The molecule has 5 rings (SSSR count). The van der Waals surface area contributed by atoms with Crippen molar-refractivity contribution < 1.29 is 32.0 Å². The van der Waals surface area contributed by atoms with Crippen LogP contribution in [0.1, 0.15) is 65.5 Å². The molecule has 2 heterocycles. The summed E-state index contributed by atoms with van der Waals surface area (Å²) in [5.74, 6) is -0.0321. The molecule has 0 radical (unpaired) electrons. The summed E-state index contributed by atoms with van der Waals surface area (Å²) in [5.41, 5.74) is 6.23. The third-order valence-electron chi connectivity index (χ3n) is 8.15. The van der Waals surface area contributed by atoms with Crippen molar-refractivity contribution in [2.75, 3.05) is 19.0 Å². The number of alkyl halides is 1. The van der Waals surface area contributed by atoms with Crippen LogP contribution in [0.15, 0.2) is 42.5 Å². The summed E-state index contributed by atoms with van der Waals surface area (Å²) in [6.45, 7) is 6.61. The Morgan fingerprint density at radius 3 is 2.67 bits per heavy atom. The van der Waals surface area contributed by atoms with Gasteiger partial charge in [0.05, 0.1) is 25.7 Å². The summed E-state index contributed by atoms with van der Waals surface area (Å²) in [6.07, 6.45) is 2.05. The van der Waals surface area contributed by atoms with E-state index in [2.05, 4.69) is 26.2 Å². The van der Waals surface area contributed by atoms with Crippen molar-refractivity contribution >= 4 is 43.2 Å². The third kappa shape index (κ3) is 6.95. The first-order chi connectivity index (χ1) is 21.6. The molecule has 11 nitrogen and oxygen atoms in total. The van der Waals surface area contributed by atoms with Gasteiger partial charge in [0.1, 0.15) is 22.8 Å². The van der Waals surface area contributed by atoms with E-state index in [0.29, 0.717) is 16.9 Å². The second-order valence-electron chi connectivity index (χ2n) is 11.0. The van der Waals surface area contributed by atoms with Crippen molar-refractivity contribution in [3.05, 3.63) is 75.8 Å². The number of nitrogens with zero attached hydrogens (tertiary/aromatic N) is 4. The zero-order valence-corrected chi connectivity index (χ0v) is 28.1. The summed E-state index contributed by atoms with van der Waals surface area (Å²) in [6, 6.07) is 12.1. The number of halogens is 1. The van der Waals surface area contributed by atoms with Gasteiger partial charge in [0.25, 0.3) is 0 Å². The van der Waals surface area contributed by atoms with Crippen molar-refractivity contribution in [3.8, 4) is 17.2 Å². The summed E-state index contributed by atoms with van der Waals surface area (Å²) in [7, 11) is -2.56. The lowest BCUT2D eigenvalue weighted by atomic mass is 9.84. The lowest BCUT2D eigenvalue weighted by molar-refractivity contribution is -0.143. The number of aryl methyl sites for hydroxylation is 2. The molecule has 240 valence electrons. The lowest BCUT2D eigenvalue weighted by Gasteiger charge is -2.29. The fourth-order valence-corrected chi connectivity index (χ4v) is 7.24. The monoisotopic (exact) mass is 700 g/mol. The fraction of sp³-hybridized carbons (Fsp3) is 0.406. The molecule has 0 saturated heterocycles. The molecule has 0 amide bonds. The molecule has 0 aliphatic carbocycles. The number of aromatic nitrogens is 3. The van der Waals surface area contributed by atoms with E-state index in [0.717, 1.165) is 58.0 Å². The Kier molecular flexibility index (Phi) is 10.00. The molecule has 3 aromatic carbocycles. The standard InChI is InChI=1S/C32H37BrN4O7S/c1-5-43-31(39)17-27(26-9-10-28-32(21(26)3)34-35-37(28)13-7-6-12-33)22-14-23(20(2)30(16-22)42-4)18-36-19-24-15-25(38)8-11-29(24)44-45(36,40)41/h8-11,14-16,27,38H,5-7,12-13,17-19H2,1-4H3. The van der Waals surface area contributed by atoms with E-state index in [1.54, 1.807) is 14.0 Å². The Labute approximate surface area is 271 Å². The minimum Gasteiger partial charge on any atom is -0.508 e. The second-order valence-corrected chi connectivity index (χ2v) is 13.4. The molecule has 1 aliphatic rings. The van der Waals surface area contributed by atoms with Gasteiger partial charge >= 0.3 is 16.3 Å². The van der Waals surface area contributed by atoms with E-state index in [1.807, 2.05) is 42.8 Å². The molecule has 1 unspecified atom stereocenters. The van der Waals surface area contributed by atoms with Crippen LogP contribution in [0.2, 0.25) is 0 Å². The fourth-order valence-electron chi connectivity index (χ4n) is 5.75. The molecule has 1 atom stereocenters. The summed E-state index contributed by atoms with van der Waals surface area (Å²) in [5, 5.41) is 19.8. The highest BCUT2D eigenvalue weighted by Crippen LogP contribution is 2.39. The van der Waals surface area contributed by atoms with E-state index in [4.69, 9.17) is 13.7 Å². The number of phenols is 1. The molecule has 0 spiro atoms. The van der Waals surface area contributed by atoms with Crippen LogP contribution < -0.4 is 8.92 Å². The van der Waals surface area contributed by atoms with Crippen molar-refractivity contribution in [2.24, 2.45) is 0 Å². The molecular formula is C32H37BrN4O7S. The number of hydrogen-bond acceptors (Lipinski definition) is 9. The van der Waals surface area contributed by atoms with Crippen LogP contribution in [0, 0.1) is 13.8 Å². The van der Waals surface area contributed by atoms with Gasteiger partial charge in [-0.15, -0.1) is 5.10 Å². The SMILES string of the molecule is CCOC(=O)CC(c1cc(CN2Cc3cc(O)ccc3OS2(=O)=O)c(C)c(OC)c1)c1ccc2c(nnn2CCCCBr)c1C. The largest absolute Gasteiger partial charge is 0.508 e. The van der Waals surface area contributed by atoms with Gasteiger partial charge in [-0.1, -0.05) is 33.3 Å². The number of unbranched alkanes of at least 4 members (excludes halogenated alkanes) is 1. The number of methoxy groups -OCH3 is 1. The second kappa shape index (κ2) is 13.8. The number of fused-ring (bicyclic) bond motifs is 2. The summed E-state index contributed by atoms with van der Waals surface area (Å²) in [4.78, 5) is 13.0. The normalized spacial score (nSPS) is 15.0. The van der Waals surface area contributed by atoms with E-state index in [-0.39, 0.29) is 43.6 Å². The van der Waals surface area contributed by atoms with Crippen molar-refractivity contribution in [2.45, 2.75) is 65.6 Å². The van der Waals surface area contributed by atoms with Crippen molar-refractivity contribution in [3.63, 3.8) is 0 Å². The van der Waals surface area contributed by atoms with Gasteiger partial charge in [0.2, 0.25) is 0 Å². The van der Waals surface area contributed by atoms with Gasteiger partial charge in [-0.2, -0.15) is 12.7 Å². The minimum atomic E-state index is -4.12. The Balaban J connectivity index is 1.56. The number of carbonyl (C=O) groups is 1. The Morgan fingerprint density at radius 1 is 1.13 bits per heavy atom. The Hall–Kier alpha value is -3.68. The Morgan fingerprint density at radius 2 is 1.93 bits per heavy atom. The number of benzene rings is 3. The average Bonchev–Trinajstić information content (AvgIpc) is 3.42. The number of aromatic hydroxyl groups is 1. The van der Waals surface area contributed by atoms with E-state index in [1.165, 1.54) is 22.5 Å². The average molecular weight is 702 g/mol. The van der Waals surface area contributed by atoms with Crippen LogP contribution in [0.5, 0.6) is 17.2 Å². The van der Waals surface area contributed by atoms with Crippen LogP contribution >= 0.6 is 15.9 Å². The van der Waals surface area contributed by atoms with Crippen LogP contribution in [0.4, 0.5) is 0 Å². The van der Waals surface area contributed by atoms with Gasteiger partial charge in [-0.25, -0.2) is 4.68 Å². The minimum absolute atomic E-state index is 0.0136. The van der Waals surface area contributed by atoms with Gasteiger partial charge in [0.15, 0.2) is 0 Å². The van der Waals surface area contributed by atoms with E-state index >= 15 is 0 Å². The molecule has 0 fully saturated rings. The number of hydrogen-bond donors (Lipinski definition) is 1. The molecule has 1 N–H and O–H groups in total. The van der Waals surface area contributed by atoms with Crippen LogP contribution in [-0.4, -0.2) is 57.8 Å². The predicted octanol–water partition coefficient (Wildman–Crippen LogP) is 5.66. The number of carbonyl (C=O) groups excluding carboxylic acids is 1. The molecule has 0 saturated carbocycles. The molecular weight excluding hydrogens is 664 g/mol. The maximum atomic E-state index is 13.1. The number of ether oxygens (including phenoxy) is 2. The van der Waals surface area contributed by atoms with Crippen molar-refractivity contribution in [1.29, 1.82) is 0 Å². The molecule has 4 aromatic rings. The first-order valence-corrected chi connectivity index (χ1v) is 17.3. The molecule has 0 bridgehead atoms. The molecule has 1 aromatic heterocycles. The zero-order valence-electron chi connectivity index (χ0n) is 25.7. The quantitative estimate of drug-likeness (QED) is 0.113. The summed E-state index contributed by atoms with van der Waals surface area (Å²) < 4.78 is 45.9. The van der Waals surface area contributed by atoms with E-state index < -0.39 is 16.2 Å². The highest BCUT2D eigenvalue weighted by atomic mass is 79.9. The lowest BCUT2D eigenvalue weighted by Crippen LogP contribution is -2.37. The molecule has 45 heavy (non-hydrogen) atoms. The maximum absolute atomic E-state index is 13.1. The highest BCUT2D eigenvalue weighted by Gasteiger charge is 2.33.